The Morgan fingerprint density at radius 3 is 2.77 bits per heavy atom. The van der Waals surface area contributed by atoms with Crippen molar-refractivity contribution in [3.05, 3.63) is 59.7 Å². The number of fused-ring (bicyclic) bond motifs is 1. The van der Waals surface area contributed by atoms with Crippen LogP contribution in [0.25, 0.3) is 10.8 Å². The van der Waals surface area contributed by atoms with Crippen LogP contribution in [0.15, 0.2) is 54.1 Å². The molecule has 0 fully saturated rings. The summed E-state index contributed by atoms with van der Waals surface area (Å²) in [6, 6.07) is 14.7. The average molecular weight is 293 g/mol. The number of hydrogen-bond acceptors (Lipinski definition) is 1. The molecule has 1 amide bonds. The molecular formula is C20H23NO. The number of carbonyl (C=O) groups is 1. The quantitative estimate of drug-likeness (QED) is 0.814. The second kappa shape index (κ2) is 7.26. The van der Waals surface area contributed by atoms with Gasteiger partial charge >= 0.3 is 0 Å². The number of amides is 1. The van der Waals surface area contributed by atoms with Gasteiger partial charge in [0.1, 0.15) is 0 Å². The second-order valence-electron chi connectivity index (χ2n) is 6.02. The van der Waals surface area contributed by atoms with Gasteiger partial charge in [-0.1, -0.05) is 54.1 Å². The molecule has 0 saturated carbocycles. The molecule has 1 aliphatic rings. The standard InChI is InChI=1S/C20H23NO/c22-20(21-15-16-7-2-1-3-8-16)14-13-18-11-6-10-17-9-4-5-12-19(17)18/h4-7,9-12H,1-3,8,13-15H2,(H,21,22). The summed E-state index contributed by atoms with van der Waals surface area (Å²) in [7, 11) is 0. The Morgan fingerprint density at radius 1 is 1.05 bits per heavy atom. The number of rotatable bonds is 5. The molecule has 3 rings (SSSR count). The van der Waals surface area contributed by atoms with Crippen LogP contribution in [0, 0.1) is 0 Å². The van der Waals surface area contributed by atoms with Crippen molar-refractivity contribution in [1.82, 2.24) is 5.32 Å². The highest BCUT2D eigenvalue weighted by Gasteiger charge is 2.07. The van der Waals surface area contributed by atoms with Gasteiger partial charge in [-0.2, -0.15) is 0 Å². The van der Waals surface area contributed by atoms with Crippen LogP contribution in [0.4, 0.5) is 0 Å². The largest absolute Gasteiger partial charge is 0.352 e. The molecule has 114 valence electrons. The summed E-state index contributed by atoms with van der Waals surface area (Å²) in [6.45, 7) is 0.731. The third-order valence-corrected chi connectivity index (χ3v) is 4.40. The summed E-state index contributed by atoms with van der Waals surface area (Å²) in [6.07, 6.45) is 8.50. The Hall–Kier alpha value is -2.09. The van der Waals surface area contributed by atoms with Crippen LogP contribution >= 0.6 is 0 Å². The lowest BCUT2D eigenvalue weighted by atomic mass is 9.99. The smallest absolute Gasteiger partial charge is 0.220 e. The van der Waals surface area contributed by atoms with E-state index in [0.717, 1.165) is 19.4 Å². The normalized spacial score (nSPS) is 14.6. The topological polar surface area (TPSA) is 29.1 Å². The maximum atomic E-state index is 12.1. The molecular weight excluding hydrogens is 270 g/mol. The summed E-state index contributed by atoms with van der Waals surface area (Å²) in [4.78, 5) is 12.1. The number of allylic oxidation sites excluding steroid dienone is 1. The maximum absolute atomic E-state index is 12.1. The first-order valence-corrected chi connectivity index (χ1v) is 8.24. The minimum Gasteiger partial charge on any atom is -0.352 e. The van der Waals surface area contributed by atoms with E-state index in [0.29, 0.717) is 6.42 Å². The van der Waals surface area contributed by atoms with Gasteiger partial charge < -0.3 is 5.32 Å². The maximum Gasteiger partial charge on any atom is 0.220 e. The SMILES string of the molecule is O=C(CCc1cccc2ccccc12)NCC1=CCCCC1. The van der Waals surface area contributed by atoms with E-state index in [1.54, 1.807) is 0 Å². The van der Waals surface area contributed by atoms with E-state index in [4.69, 9.17) is 0 Å². The molecule has 0 atom stereocenters. The summed E-state index contributed by atoms with van der Waals surface area (Å²) >= 11 is 0. The van der Waals surface area contributed by atoms with Crippen molar-refractivity contribution < 1.29 is 4.79 Å². The molecule has 0 saturated heterocycles. The molecule has 0 bridgehead atoms. The van der Waals surface area contributed by atoms with Crippen LogP contribution in [0.5, 0.6) is 0 Å². The second-order valence-corrected chi connectivity index (χ2v) is 6.02. The lowest BCUT2D eigenvalue weighted by Gasteiger charge is -2.13. The van der Waals surface area contributed by atoms with E-state index >= 15 is 0 Å². The molecule has 2 aromatic rings. The van der Waals surface area contributed by atoms with Gasteiger partial charge in [0.2, 0.25) is 5.91 Å². The van der Waals surface area contributed by atoms with Crippen LogP contribution in [-0.2, 0) is 11.2 Å². The first kappa shape index (κ1) is 14.8. The predicted molar refractivity (Wildman–Crippen MR) is 91.8 cm³/mol. The summed E-state index contributed by atoms with van der Waals surface area (Å²) in [5.74, 6) is 0.152. The third kappa shape index (κ3) is 3.76. The highest BCUT2D eigenvalue weighted by molar-refractivity contribution is 5.86. The first-order valence-electron chi connectivity index (χ1n) is 8.24. The Labute approximate surface area is 132 Å². The van der Waals surface area contributed by atoms with Crippen LogP contribution in [0.3, 0.4) is 0 Å². The van der Waals surface area contributed by atoms with Gasteiger partial charge in [-0.3, -0.25) is 4.79 Å². The van der Waals surface area contributed by atoms with Gasteiger partial charge in [0.15, 0.2) is 0 Å². The van der Waals surface area contributed by atoms with E-state index in [-0.39, 0.29) is 5.91 Å². The van der Waals surface area contributed by atoms with Gasteiger partial charge in [-0.05, 0) is 48.4 Å². The Balaban J connectivity index is 1.55. The molecule has 0 radical (unpaired) electrons. The number of aryl methyl sites for hydroxylation is 1. The van der Waals surface area contributed by atoms with E-state index in [1.807, 2.05) is 0 Å². The van der Waals surface area contributed by atoms with E-state index in [1.165, 1.54) is 41.2 Å². The average Bonchev–Trinajstić information content (AvgIpc) is 2.59. The van der Waals surface area contributed by atoms with Gasteiger partial charge in [0, 0.05) is 13.0 Å². The van der Waals surface area contributed by atoms with Crippen LogP contribution in [0.2, 0.25) is 0 Å². The Kier molecular flexibility index (Phi) is 4.89. The highest BCUT2D eigenvalue weighted by Crippen LogP contribution is 2.20. The molecule has 2 heteroatoms. The van der Waals surface area contributed by atoms with Crippen molar-refractivity contribution in [2.45, 2.75) is 38.5 Å². The lowest BCUT2D eigenvalue weighted by molar-refractivity contribution is -0.120. The zero-order valence-electron chi connectivity index (χ0n) is 13.0. The number of benzene rings is 2. The van der Waals surface area contributed by atoms with E-state index in [9.17, 15) is 4.79 Å². The Morgan fingerprint density at radius 2 is 1.91 bits per heavy atom. The molecule has 2 nitrogen and oxygen atoms in total. The summed E-state index contributed by atoms with van der Waals surface area (Å²) < 4.78 is 0. The van der Waals surface area contributed by atoms with Crippen molar-refractivity contribution in [2.24, 2.45) is 0 Å². The summed E-state index contributed by atoms with van der Waals surface area (Å²) in [5, 5.41) is 5.56. The monoisotopic (exact) mass is 293 g/mol. The van der Waals surface area contributed by atoms with E-state index in [2.05, 4.69) is 53.9 Å². The molecule has 0 aliphatic heterocycles. The highest BCUT2D eigenvalue weighted by atomic mass is 16.1. The van der Waals surface area contributed by atoms with Gasteiger partial charge in [0.25, 0.3) is 0 Å². The van der Waals surface area contributed by atoms with Gasteiger partial charge in [-0.25, -0.2) is 0 Å². The van der Waals surface area contributed by atoms with Gasteiger partial charge in [0.05, 0.1) is 0 Å². The first-order chi connectivity index (χ1) is 10.8. The van der Waals surface area contributed by atoms with Crippen molar-refractivity contribution in [1.29, 1.82) is 0 Å². The fourth-order valence-electron chi connectivity index (χ4n) is 3.12. The van der Waals surface area contributed by atoms with Crippen LogP contribution in [-0.4, -0.2) is 12.5 Å². The third-order valence-electron chi connectivity index (χ3n) is 4.40. The molecule has 1 N–H and O–H groups in total. The fourth-order valence-corrected chi connectivity index (χ4v) is 3.12. The molecule has 2 aromatic carbocycles. The lowest BCUT2D eigenvalue weighted by Crippen LogP contribution is -2.26. The van der Waals surface area contributed by atoms with Gasteiger partial charge in [-0.15, -0.1) is 0 Å². The van der Waals surface area contributed by atoms with Crippen molar-refractivity contribution in [3.8, 4) is 0 Å². The molecule has 0 heterocycles. The minimum atomic E-state index is 0.152. The number of nitrogens with one attached hydrogen (secondary N) is 1. The zero-order valence-corrected chi connectivity index (χ0v) is 13.0. The molecule has 0 unspecified atom stereocenters. The molecule has 1 aliphatic carbocycles. The predicted octanol–water partition coefficient (Wildman–Crippen LogP) is 4.39. The zero-order chi connectivity index (χ0) is 15.2. The molecule has 0 aromatic heterocycles. The molecule has 22 heavy (non-hydrogen) atoms. The molecule has 0 spiro atoms. The van der Waals surface area contributed by atoms with E-state index < -0.39 is 0 Å². The van der Waals surface area contributed by atoms with Crippen LogP contribution in [0.1, 0.15) is 37.7 Å². The van der Waals surface area contributed by atoms with Crippen molar-refractivity contribution in [3.63, 3.8) is 0 Å². The van der Waals surface area contributed by atoms with Crippen LogP contribution < -0.4 is 5.32 Å². The number of carbonyl (C=O) groups excluding carboxylic acids is 1. The minimum absolute atomic E-state index is 0.152. The summed E-state index contributed by atoms with van der Waals surface area (Å²) in [5.41, 5.74) is 2.65. The Bertz CT molecular complexity index is 682. The van der Waals surface area contributed by atoms with Crippen molar-refractivity contribution >= 4 is 16.7 Å². The number of hydrogen-bond donors (Lipinski definition) is 1. The van der Waals surface area contributed by atoms with Crippen molar-refractivity contribution in [2.75, 3.05) is 6.54 Å². The fraction of sp³-hybridized carbons (Fsp3) is 0.350.